The van der Waals surface area contributed by atoms with Gasteiger partial charge in [-0.05, 0) is 31.9 Å². The van der Waals surface area contributed by atoms with E-state index in [0.717, 1.165) is 48.8 Å². The lowest BCUT2D eigenvalue weighted by atomic mass is 10.4. The van der Waals surface area contributed by atoms with E-state index in [-0.39, 0.29) is 5.91 Å². The van der Waals surface area contributed by atoms with Crippen molar-refractivity contribution in [2.45, 2.75) is 31.5 Å². The predicted octanol–water partition coefficient (Wildman–Crippen LogP) is 2.17. The fourth-order valence-corrected chi connectivity index (χ4v) is 3.49. The highest BCUT2D eigenvalue weighted by molar-refractivity contribution is 7.99. The highest BCUT2D eigenvalue weighted by Gasteiger charge is 2.19. The predicted molar refractivity (Wildman–Crippen MR) is 79.7 cm³/mol. The Morgan fingerprint density at radius 1 is 1.40 bits per heavy atom. The Morgan fingerprint density at radius 2 is 2.20 bits per heavy atom. The van der Waals surface area contributed by atoms with E-state index in [1.807, 2.05) is 17.0 Å². The van der Waals surface area contributed by atoms with Crippen LogP contribution in [0, 0.1) is 0 Å². The number of hydrogen-bond acceptors (Lipinski definition) is 4. The second-order valence-corrected chi connectivity index (χ2v) is 5.80. The molecule has 5 nitrogen and oxygen atoms in total. The molecule has 0 saturated carbocycles. The number of carbonyl (C=O) groups is 1. The monoisotopic (exact) mass is 290 g/mol. The smallest absolute Gasteiger partial charge is 0.233 e. The number of aryl methyl sites for hydroxylation is 1. The van der Waals surface area contributed by atoms with Crippen LogP contribution in [0.1, 0.15) is 19.8 Å². The molecule has 3 heterocycles. The number of pyridine rings is 1. The van der Waals surface area contributed by atoms with E-state index in [4.69, 9.17) is 0 Å². The zero-order valence-electron chi connectivity index (χ0n) is 11.6. The van der Waals surface area contributed by atoms with Crippen molar-refractivity contribution < 1.29 is 4.79 Å². The minimum absolute atomic E-state index is 0.218. The number of nitrogens with zero attached hydrogens (tertiary/aromatic N) is 4. The van der Waals surface area contributed by atoms with Crippen molar-refractivity contribution in [3.8, 4) is 0 Å². The molecule has 20 heavy (non-hydrogen) atoms. The SMILES string of the molecule is CCn1c(SCC(=O)N2CCCC2)nc2cccnc21. The lowest BCUT2D eigenvalue weighted by molar-refractivity contribution is -0.127. The quantitative estimate of drug-likeness (QED) is 0.810. The molecule has 0 radical (unpaired) electrons. The van der Waals surface area contributed by atoms with Crippen LogP contribution in [-0.4, -0.2) is 44.2 Å². The Balaban J connectivity index is 1.75. The van der Waals surface area contributed by atoms with Crippen LogP contribution in [-0.2, 0) is 11.3 Å². The molecule has 6 heteroatoms. The molecule has 3 rings (SSSR count). The van der Waals surface area contributed by atoms with Crippen molar-refractivity contribution in [3.63, 3.8) is 0 Å². The first-order valence-corrected chi connectivity index (χ1v) is 8.00. The Bertz CT molecular complexity index is 619. The number of imidazole rings is 1. The van der Waals surface area contributed by atoms with Crippen LogP contribution in [0.5, 0.6) is 0 Å². The summed E-state index contributed by atoms with van der Waals surface area (Å²) in [6.45, 7) is 4.70. The maximum Gasteiger partial charge on any atom is 0.233 e. The molecule has 0 bridgehead atoms. The van der Waals surface area contributed by atoms with Crippen LogP contribution in [0.4, 0.5) is 0 Å². The minimum atomic E-state index is 0.218. The van der Waals surface area contributed by atoms with E-state index in [9.17, 15) is 4.79 Å². The van der Waals surface area contributed by atoms with Crippen molar-refractivity contribution >= 4 is 28.8 Å². The maximum absolute atomic E-state index is 12.1. The summed E-state index contributed by atoms with van der Waals surface area (Å²) in [6.07, 6.45) is 4.04. The van der Waals surface area contributed by atoms with Gasteiger partial charge in [0.15, 0.2) is 10.8 Å². The van der Waals surface area contributed by atoms with E-state index in [0.29, 0.717) is 5.75 Å². The molecule has 1 saturated heterocycles. The topological polar surface area (TPSA) is 51.0 Å². The summed E-state index contributed by atoms with van der Waals surface area (Å²) in [6, 6.07) is 3.85. The summed E-state index contributed by atoms with van der Waals surface area (Å²) < 4.78 is 2.07. The van der Waals surface area contributed by atoms with Crippen molar-refractivity contribution in [1.29, 1.82) is 0 Å². The van der Waals surface area contributed by atoms with Gasteiger partial charge in [0.05, 0.1) is 5.75 Å². The number of amides is 1. The van der Waals surface area contributed by atoms with Gasteiger partial charge in [0, 0.05) is 25.8 Å². The van der Waals surface area contributed by atoms with Crippen molar-refractivity contribution in [2.75, 3.05) is 18.8 Å². The molecule has 0 spiro atoms. The number of carbonyl (C=O) groups excluding carboxylic acids is 1. The summed E-state index contributed by atoms with van der Waals surface area (Å²) in [5.41, 5.74) is 1.79. The van der Waals surface area contributed by atoms with Gasteiger partial charge in [0.25, 0.3) is 0 Å². The van der Waals surface area contributed by atoms with E-state index in [1.54, 1.807) is 6.20 Å². The fourth-order valence-electron chi connectivity index (χ4n) is 2.52. The van der Waals surface area contributed by atoms with Crippen LogP contribution >= 0.6 is 11.8 Å². The van der Waals surface area contributed by atoms with Crippen LogP contribution in [0.25, 0.3) is 11.2 Å². The minimum Gasteiger partial charge on any atom is -0.342 e. The third kappa shape index (κ3) is 2.52. The molecule has 0 atom stereocenters. The number of rotatable bonds is 4. The molecule has 0 N–H and O–H groups in total. The molecule has 1 aliphatic heterocycles. The van der Waals surface area contributed by atoms with Gasteiger partial charge in [0.1, 0.15) is 5.52 Å². The lowest BCUT2D eigenvalue weighted by Gasteiger charge is -2.14. The Morgan fingerprint density at radius 3 is 2.95 bits per heavy atom. The van der Waals surface area contributed by atoms with E-state index < -0.39 is 0 Å². The fraction of sp³-hybridized carbons (Fsp3) is 0.500. The Labute approximate surface area is 122 Å². The Hall–Kier alpha value is -1.56. The van der Waals surface area contributed by atoms with Gasteiger partial charge in [-0.25, -0.2) is 9.97 Å². The molecule has 0 aliphatic carbocycles. The normalized spacial score (nSPS) is 15.2. The zero-order valence-corrected chi connectivity index (χ0v) is 12.4. The summed E-state index contributed by atoms with van der Waals surface area (Å²) in [5.74, 6) is 0.679. The van der Waals surface area contributed by atoms with Gasteiger partial charge in [-0.3, -0.25) is 4.79 Å². The molecule has 2 aromatic heterocycles. The third-order valence-electron chi connectivity index (χ3n) is 3.57. The molecule has 0 unspecified atom stereocenters. The first-order valence-electron chi connectivity index (χ1n) is 7.01. The standard InChI is InChI=1S/C14H18N4OS/c1-2-18-13-11(6-5-7-15-13)16-14(18)20-10-12(19)17-8-3-4-9-17/h5-7H,2-4,8-10H2,1H3. The summed E-state index contributed by atoms with van der Waals surface area (Å²) in [5, 5.41) is 0.883. The van der Waals surface area contributed by atoms with Gasteiger partial charge >= 0.3 is 0 Å². The van der Waals surface area contributed by atoms with Crippen molar-refractivity contribution in [2.24, 2.45) is 0 Å². The van der Waals surface area contributed by atoms with Crippen LogP contribution in [0.15, 0.2) is 23.5 Å². The second-order valence-electron chi connectivity index (χ2n) is 4.86. The van der Waals surface area contributed by atoms with Crippen LogP contribution in [0.2, 0.25) is 0 Å². The van der Waals surface area contributed by atoms with Crippen LogP contribution in [0.3, 0.4) is 0 Å². The van der Waals surface area contributed by atoms with E-state index in [1.165, 1.54) is 11.8 Å². The van der Waals surface area contributed by atoms with E-state index >= 15 is 0 Å². The van der Waals surface area contributed by atoms with Crippen molar-refractivity contribution in [1.82, 2.24) is 19.4 Å². The average Bonchev–Trinajstić information content (AvgIpc) is 3.11. The molecule has 1 aliphatic rings. The number of hydrogen-bond donors (Lipinski definition) is 0. The summed E-state index contributed by atoms with van der Waals surface area (Å²) in [7, 11) is 0. The number of thioether (sulfide) groups is 1. The lowest BCUT2D eigenvalue weighted by Crippen LogP contribution is -2.29. The number of likely N-dealkylation sites (tertiary alicyclic amines) is 1. The number of aromatic nitrogens is 3. The molecule has 1 fully saturated rings. The van der Waals surface area contributed by atoms with Gasteiger partial charge in [0.2, 0.25) is 5.91 Å². The van der Waals surface area contributed by atoms with Gasteiger partial charge in [-0.2, -0.15) is 0 Å². The zero-order chi connectivity index (χ0) is 13.9. The summed E-state index contributed by atoms with van der Waals surface area (Å²) >= 11 is 1.51. The van der Waals surface area contributed by atoms with Crippen LogP contribution < -0.4 is 0 Å². The van der Waals surface area contributed by atoms with Gasteiger partial charge < -0.3 is 9.47 Å². The maximum atomic E-state index is 12.1. The molecule has 106 valence electrons. The largest absolute Gasteiger partial charge is 0.342 e. The molecule has 2 aromatic rings. The van der Waals surface area contributed by atoms with Gasteiger partial charge in [-0.1, -0.05) is 11.8 Å². The third-order valence-corrected chi connectivity index (χ3v) is 4.53. The van der Waals surface area contributed by atoms with E-state index in [2.05, 4.69) is 21.5 Å². The first-order chi connectivity index (χ1) is 9.79. The first kappa shape index (κ1) is 13.4. The summed E-state index contributed by atoms with van der Waals surface area (Å²) in [4.78, 5) is 23.0. The highest BCUT2D eigenvalue weighted by atomic mass is 32.2. The van der Waals surface area contributed by atoms with Gasteiger partial charge in [-0.15, -0.1) is 0 Å². The molecule has 0 aromatic carbocycles. The Kier molecular flexibility index (Phi) is 3.91. The highest BCUT2D eigenvalue weighted by Crippen LogP contribution is 2.23. The molecular formula is C14H18N4OS. The second kappa shape index (κ2) is 5.83. The average molecular weight is 290 g/mol. The number of fused-ring (bicyclic) bond motifs is 1. The molecular weight excluding hydrogens is 272 g/mol. The molecule has 1 amide bonds. The van der Waals surface area contributed by atoms with Crippen molar-refractivity contribution in [3.05, 3.63) is 18.3 Å².